The van der Waals surface area contributed by atoms with Gasteiger partial charge in [0.1, 0.15) is 16.9 Å². The molecule has 12 heteroatoms. The second-order valence-electron chi connectivity index (χ2n) is 11.3. The van der Waals surface area contributed by atoms with Gasteiger partial charge in [0.15, 0.2) is 21.3 Å². The van der Waals surface area contributed by atoms with Crippen LogP contribution < -0.4 is 5.32 Å². The van der Waals surface area contributed by atoms with Crippen molar-refractivity contribution in [2.24, 2.45) is 0 Å². The SMILES string of the molecule is CCCCCCCCS(=O)(=O)C(CCCCCC)C(=O)NCCC(=O)OCC(C)(C)c1nnc2c(Cl)c(C)[nH]n12. The van der Waals surface area contributed by atoms with Crippen molar-refractivity contribution in [3.05, 3.63) is 16.5 Å². The fourth-order valence-electron chi connectivity index (χ4n) is 4.61. The molecule has 2 N–H and O–H groups in total. The summed E-state index contributed by atoms with van der Waals surface area (Å²) in [7, 11) is -3.58. The van der Waals surface area contributed by atoms with Crippen LogP contribution in [0.1, 0.15) is 116 Å². The van der Waals surface area contributed by atoms with Crippen LogP contribution in [0.2, 0.25) is 5.02 Å². The van der Waals surface area contributed by atoms with Crippen LogP contribution in [0.4, 0.5) is 0 Å². The summed E-state index contributed by atoms with van der Waals surface area (Å²) in [6, 6.07) is 0. The number of nitrogens with one attached hydrogen (secondary N) is 2. The van der Waals surface area contributed by atoms with Gasteiger partial charge in [-0.2, -0.15) is 0 Å². The normalized spacial score (nSPS) is 13.1. The number of H-pyrrole nitrogens is 1. The highest BCUT2D eigenvalue weighted by Crippen LogP contribution is 2.27. The molecule has 1 unspecified atom stereocenters. The molecule has 10 nitrogen and oxygen atoms in total. The second-order valence-corrected chi connectivity index (χ2v) is 14.0. The summed E-state index contributed by atoms with van der Waals surface area (Å²) in [5.41, 5.74) is 0.605. The number of carbonyl (C=O) groups is 2. The van der Waals surface area contributed by atoms with Crippen LogP contribution in [0.3, 0.4) is 0 Å². The van der Waals surface area contributed by atoms with E-state index in [2.05, 4.69) is 34.5 Å². The van der Waals surface area contributed by atoms with Crippen molar-refractivity contribution in [2.75, 3.05) is 18.9 Å². The minimum Gasteiger partial charge on any atom is -0.465 e. The van der Waals surface area contributed by atoms with Crippen LogP contribution in [0, 0.1) is 6.92 Å². The Bertz CT molecular complexity index is 1190. The summed E-state index contributed by atoms with van der Waals surface area (Å²) in [5.74, 6) is -0.436. The smallest absolute Gasteiger partial charge is 0.307 e. The summed E-state index contributed by atoms with van der Waals surface area (Å²) >= 11 is 6.24. The lowest BCUT2D eigenvalue weighted by Gasteiger charge is -2.22. The van der Waals surface area contributed by atoms with E-state index < -0.39 is 32.4 Å². The number of fused-ring (bicyclic) bond motifs is 1. The zero-order chi connectivity index (χ0) is 29.8. The van der Waals surface area contributed by atoms with E-state index in [-0.39, 0.29) is 25.3 Å². The van der Waals surface area contributed by atoms with E-state index in [4.69, 9.17) is 16.3 Å². The number of nitrogens with zero attached hydrogens (tertiary/aromatic N) is 3. The molecule has 0 aliphatic rings. The summed E-state index contributed by atoms with van der Waals surface area (Å²) in [6.07, 6.45) is 9.67. The molecule has 0 saturated heterocycles. The third-order valence-corrected chi connectivity index (χ3v) is 9.75. The second kappa shape index (κ2) is 16.3. The topological polar surface area (TPSA) is 136 Å². The summed E-state index contributed by atoms with van der Waals surface area (Å²) in [6.45, 7) is 9.87. The van der Waals surface area contributed by atoms with Gasteiger partial charge in [0.25, 0.3) is 0 Å². The molecular weight excluding hydrogens is 554 g/mol. The molecule has 0 aliphatic carbocycles. The van der Waals surface area contributed by atoms with Gasteiger partial charge in [0.05, 0.1) is 23.3 Å². The largest absolute Gasteiger partial charge is 0.465 e. The maximum absolute atomic E-state index is 13.1. The Morgan fingerprint density at radius 1 is 1.02 bits per heavy atom. The van der Waals surface area contributed by atoms with Crippen LogP contribution in [0.15, 0.2) is 0 Å². The number of carbonyl (C=O) groups excluding carboxylic acids is 2. The van der Waals surface area contributed by atoms with Crippen LogP contribution in [-0.4, -0.2) is 64.3 Å². The zero-order valence-corrected chi connectivity index (χ0v) is 26.4. The number of esters is 1. The van der Waals surface area contributed by atoms with E-state index in [1.165, 1.54) is 0 Å². The zero-order valence-electron chi connectivity index (χ0n) is 24.9. The Morgan fingerprint density at radius 3 is 2.33 bits per heavy atom. The molecule has 2 rings (SSSR count). The molecule has 0 fully saturated rings. The Labute approximate surface area is 244 Å². The maximum atomic E-state index is 13.1. The van der Waals surface area contributed by atoms with Gasteiger partial charge in [0.2, 0.25) is 5.91 Å². The Balaban J connectivity index is 1.87. The predicted octanol–water partition coefficient (Wildman–Crippen LogP) is 5.46. The highest BCUT2D eigenvalue weighted by Gasteiger charge is 2.32. The van der Waals surface area contributed by atoms with Crippen molar-refractivity contribution >= 4 is 39.0 Å². The summed E-state index contributed by atoms with van der Waals surface area (Å²) in [5, 5.41) is 13.5. The first-order valence-corrected chi connectivity index (χ1v) is 16.8. The molecular formula is C28H48ClN5O5S. The van der Waals surface area contributed by atoms with E-state index in [1.807, 2.05) is 20.8 Å². The van der Waals surface area contributed by atoms with Gasteiger partial charge in [-0.05, 0) is 33.6 Å². The van der Waals surface area contributed by atoms with Crippen LogP contribution in [0.25, 0.3) is 5.65 Å². The number of unbranched alkanes of at least 4 members (excludes halogenated alkanes) is 8. The Kier molecular flexibility index (Phi) is 13.9. The lowest BCUT2D eigenvalue weighted by Crippen LogP contribution is -2.41. The van der Waals surface area contributed by atoms with Crippen molar-refractivity contribution in [2.45, 2.75) is 122 Å². The van der Waals surface area contributed by atoms with Crippen molar-refractivity contribution in [3.8, 4) is 0 Å². The maximum Gasteiger partial charge on any atom is 0.307 e. The van der Waals surface area contributed by atoms with E-state index in [1.54, 1.807) is 4.52 Å². The van der Waals surface area contributed by atoms with Gasteiger partial charge in [-0.3, -0.25) is 14.7 Å². The fourth-order valence-corrected chi connectivity index (χ4v) is 6.60. The van der Waals surface area contributed by atoms with Gasteiger partial charge < -0.3 is 10.1 Å². The molecule has 40 heavy (non-hydrogen) atoms. The molecule has 0 saturated carbocycles. The first kappa shape index (κ1) is 34.1. The molecule has 0 bridgehead atoms. The predicted molar refractivity (Wildman–Crippen MR) is 158 cm³/mol. The minimum atomic E-state index is -3.58. The minimum absolute atomic E-state index is 0.0106. The van der Waals surface area contributed by atoms with Crippen LogP contribution in [0.5, 0.6) is 0 Å². The summed E-state index contributed by atoms with van der Waals surface area (Å²) < 4.78 is 33.3. The average molecular weight is 602 g/mol. The number of amides is 1. The van der Waals surface area contributed by atoms with E-state index >= 15 is 0 Å². The molecule has 0 aromatic carbocycles. The number of aromatic amines is 1. The molecule has 0 radical (unpaired) electrons. The Morgan fingerprint density at radius 2 is 1.65 bits per heavy atom. The lowest BCUT2D eigenvalue weighted by molar-refractivity contribution is -0.145. The molecule has 2 heterocycles. The molecule has 1 atom stereocenters. The van der Waals surface area contributed by atoms with E-state index in [0.29, 0.717) is 35.8 Å². The van der Waals surface area contributed by atoms with E-state index in [0.717, 1.165) is 57.1 Å². The number of ether oxygens (including phenoxy) is 1. The monoisotopic (exact) mass is 601 g/mol. The van der Waals surface area contributed by atoms with Gasteiger partial charge in [-0.15, -0.1) is 10.2 Å². The molecule has 1 amide bonds. The lowest BCUT2D eigenvalue weighted by atomic mass is 9.94. The number of rotatable bonds is 20. The summed E-state index contributed by atoms with van der Waals surface area (Å²) in [4.78, 5) is 25.4. The molecule has 228 valence electrons. The first-order chi connectivity index (χ1) is 18.9. The number of hydrogen-bond donors (Lipinski definition) is 2. The highest BCUT2D eigenvalue weighted by atomic mass is 35.5. The van der Waals surface area contributed by atoms with Crippen LogP contribution >= 0.6 is 11.6 Å². The quantitative estimate of drug-likeness (QED) is 0.152. The van der Waals surface area contributed by atoms with E-state index in [9.17, 15) is 18.0 Å². The average Bonchev–Trinajstić information content (AvgIpc) is 3.44. The van der Waals surface area contributed by atoms with Crippen LogP contribution in [-0.2, 0) is 29.6 Å². The first-order valence-electron chi connectivity index (χ1n) is 14.7. The van der Waals surface area contributed by atoms with Crippen molar-refractivity contribution < 1.29 is 22.7 Å². The highest BCUT2D eigenvalue weighted by molar-refractivity contribution is 7.92. The Hall–Kier alpha value is -2.14. The number of hydrogen-bond acceptors (Lipinski definition) is 7. The van der Waals surface area contributed by atoms with Gasteiger partial charge >= 0.3 is 5.97 Å². The van der Waals surface area contributed by atoms with Crippen molar-refractivity contribution in [1.82, 2.24) is 25.1 Å². The molecule has 2 aromatic heterocycles. The van der Waals surface area contributed by atoms with Crippen molar-refractivity contribution in [1.29, 1.82) is 0 Å². The molecule has 0 spiro atoms. The standard InChI is InChI=1S/C28H48ClN5O5S/c1-6-8-10-12-13-15-19-40(37,38)22(16-14-11-9-7-2)26(36)30-18-17-23(35)39-20-28(4,5)27-32-31-25-24(29)21(3)33-34(25)27/h22,33H,6-20H2,1-5H3,(H,30,36). The molecule has 2 aromatic rings. The fraction of sp³-hybridized carbons (Fsp3) is 0.786. The molecule has 0 aliphatic heterocycles. The number of aromatic nitrogens is 4. The van der Waals surface area contributed by atoms with Gasteiger partial charge in [-0.25, -0.2) is 12.9 Å². The van der Waals surface area contributed by atoms with Gasteiger partial charge in [-0.1, -0.05) is 83.2 Å². The number of aryl methyl sites for hydroxylation is 1. The third kappa shape index (κ3) is 10.0. The third-order valence-electron chi connectivity index (χ3n) is 7.12. The van der Waals surface area contributed by atoms with Crippen molar-refractivity contribution in [3.63, 3.8) is 0 Å². The number of sulfone groups is 1. The number of halogens is 1. The van der Waals surface area contributed by atoms with Gasteiger partial charge in [0, 0.05) is 6.54 Å².